The maximum Gasteiger partial charge on any atom is 0.272 e. The summed E-state index contributed by atoms with van der Waals surface area (Å²) >= 11 is 5.72. The fraction of sp³-hybridized carbons (Fsp3) is 0.400. The lowest BCUT2D eigenvalue weighted by atomic mass is 9.75. The summed E-state index contributed by atoms with van der Waals surface area (Å²) in [7, 11) is 0. The van der Waals surface area contributed by atoms with Crippen LogP contribution >= 0.6 is 12.2 Å². The monoisotopic (exact) mass is 477 g/mol. The minimum Gasteiger partial charge on any atom is -0.360 e. The standard InChI is InChI=1S/C25H24FN5O2S/c1-15-12-18(14-28-21(15)27-2)30-23(33)25(10-5-11-25)31(24(30)34)17-8-9-19(20(26)13-17)22(32)29-16-6-3-4-7-16/h8-9,12-14,16H,3-7,10-11H2,1H3,(H,29,32). The molecule has 3 fully saturated rings. The van der Waals surface area contributed by atoms with Crippen LogP contribution in [-0.2, 0) is 4.79 Å². The van der Waals surface area contributed by atoms with Crippen molar-refractivity contribution in [3.8, 4) is 0 Å². The predicted octanol–water partition coefficient (Wildman–Crippen LogP) is 4.81. The third kappa shape index (κ3) is 3.44. The van der Waals surface area contributed by atoms with Crippen LogP contribution in [-0.4, -0.2) is 33.5 Å². The van der Waals surface area contributed by atoms with Crippen molar-refractivity contribution in [2.75, 3.05) is 9.80 Å². The van der Waals surface area contributed by atoms with Gasteiger partial charge in [-0.1, -0.05) is 19.4 Å². The minimum atomic E-state index is -0.872. The van der Waals surface area contributed by atoms with Crippen LogP contribution in [0, 0.1) is 19.3 Å². The van der Waals surface area contributed by atoms with Crippen molar-refractivity contribution in [3.05, 3.63) is 58.8 Å². The van der Waals surface area contributed by atoms with E-state index in [9.17, 15) is 9.59 Å². The average Bonchev–Trinajstić information content (AvgIpc) is 3.36. The van der Waals surface area contributed by atoms with Gasteiger partial charge in [0.25, 0.3) is 17.6 Å². The number of hydrogen-bond acceptors (Lipinski definition) is 4. The summed E-state index contributed by atoms with van der Waals surface area (Å²) in [5.41, 5.74) is 0.692. The molecule has 9 heteroatoms. The molecule has 0 radical (unpaired) electrons. The van der Waals surface area contributed by atoms with E-state index in [-0.39, 0.29) is 28.4 Å². The molecule has 1 aliphatic heterocycles. The molecule has 7 nitrogen and oxygen atoms in total. The molecule has 5 rings (SSSR count). The summed E-state index contributed by atoms with van der Waals surface area (Å²) in [6.45, 7) is 8.96. The topological polar surface area (TPSA) is 69.9 Å². The molecule has 1 spiro atoms. The van der Waals surface area contributed by atoms with E-state index in [0.29, 0.717) is 29.8 Å². The Morgan fingerprint density at radius 3 is 2.56 bits per heavy atom. The van der Waals surface area contributed by atoms with Gasteiger partial charge in [0, 0.05) is 11.7 Å². The summed E-state index contributed by atoms with van der Waals surface area (Å²) in [5, 5.41) is 3.15. The Morgan fingerprint density at radius 2 is 1.97 bits per heavy atom. The number of amides is 2. The lowest BCUT2D eigenvalue weighted by Gasteiger charge is -2.43. The lowest BCUT2D eigenvalue weighted by Crippen LogP contribution is -2.55. The van der Waals surface area contributed by atoms with Crippen molar-refractivity contribution in [2.45, 2.75) is 63.5 Å². The first-order valence-electron chi connectivity index (χ1n) is 11.5. The highest BCUT2D eigenvalue weighted by atomic mass is 32.1. The van der Waals surface area contributed by atoms with Gasteiger partial charge in [0.1, 0.15) is 17.6 Å². The number of rotatable bonds is 4. The van der Waals surface area contributed by atoms with Gasteiger partial charge in [-0.05, 0) is 81.1 Å². The molecule has 2 saturated carbocycles. The number of nitrogens with one attached hydrogen (secondary N) is 1. The molecular weight excluding hydrogens is 453 g/mol. The van der Waals surface area contributed by atoms with Crippen molar-refractivity contribution < 1.29 is 14.0 Å². The molecule has 1 saturated heterocycles. The molecule has 2 heterocycles. The first-order valence-corrected chi connectivity index (χ1v) is 11.9. The Hall–Kier alpha value is -3.38. The fourth-order valence-corrected chi connectivity index (χ4v) is 5.63. The van der Waals surface area contributed by atoms with Crippen LogP contribution in [0.4, 0.5) is 21.6 Å². The predicted molar refractivity (Wildman–Crippen MR) is 131 cm³/mol. The van der Waals surface area contributed by atoms with Gasteiger partial charge >= 0.3 is 0 Å². The molecule has 174 valence electrons. The third-order valence-corrected chi connectivity index (χ3v) is 7.50. The van der Waals surface area contributed by atoms with Gasteiger partial charge in [0.15, 0.2) is 5.11 Å². The van der Waals surface area contributed by atoms with Crippen molar-refractivity contribution in [2.24, 2.45) is 0 Å². The molecule has 2 amide bonds. The number of thiocarbonyl (C=S) groups is 1. The Kier molecular flexibility index (Phi) is 5.56. The van der Waals surface area contributed by atoms with Crippen molar-refractivity contribution in [1.82, 2.24) is 10.3 Å². The Labute approximate surface area is 202 Å². The van der Waals surface area contributed by atoms with Crippen LogP contribution in [0.2, 0.25) is 0 Å². The molecule has 2 aromatic rings. The average molecular weight is 478 g/mol. The fourth-order valence-electron chi connectivity index (χ4n) is 5.16. The zero-order valence-corrected chi connectivity index (χ0v) is 19.6. The van der Waals surface area contributed by atoms with E-state index < -0.39 is 17.3 Å². The number of hydrogen-bond donors (Lipinski definition) is 1. The number of carbonyl (C=O) groups is 2. The molecule has 34 heavy (non-hydrogen) atoms. The van der Waals surface area contributed by atoms with Crippen LogP contribution in [0.1, 0.15) is 60.9 Å². The van der Waals surface area contributed by atoms with E-state index in [1.165, 1.54) is 23.2 Å². The van der Waals surface area contributed by atoms with Gasteiger partial charge in [-0.25, -0.2) is 4.39 Å². The summed E-state index contributed by atoms with van der Waals surface area (Å²) in [5.74, 6) is -0.971. The first kappa shape index (κ1) is 22.4. The van der Waals surface area contributed by atoms with Gasteiger partial charge in [0.05, 0.1) is 11.3 Å². The second kappa shape index (κ2) is 8.44. The number of benzene rings is 1. The summed E-state index contributed by atoms with van der Waals surface area (Å²) in [6.07, 6.45) is 7.50. The van der Waals surface area contributed by atoms with E-state index in [2.05, 4.69) is 15.1 Å². The highest BCUT2D eigenvalue weighted by Gasteiger charge is 2.59. The molecule has 0 atom stereocenters. The van der Waals surface area contributed by atoms with Crippen LogP contribution < -0.4 is 15.1 Å². The first-order chi connectivity index (χ1) is 16.4. The molecule has 2 aliphatic carbocycles. The van der Waals surface area contributed by atoms with Crippen LogP contribution in [0.5, 0.6) is 0 Å². The number of pyridine rings is 1. The summed E-state index contributed by atoms with van der Waals surface area (Å²) in [4.78, 5) is 36.9. The summed E-state index contributed by atoms with van der Waals surface area (Å²) < 4.78 is 15.1. The van der Waals surface area contributed by atoms with Gasteiger partial charge in [-0.3, -0.25) is 14.5 Å². The zero-order valence-electron chi connectivity index (χ0n) is 18.8. The van der Waals surface area contributed by atoms with Crippen molar-refractivity contribution >= 4 is 46.3 Å². The maximum atomic E-state index is 15.1. The van der Waals surface area contributed by atoms with E-state index >= 15 is 4.39 Å². The van der Waals surface area contributed by atoms with Crippen molar-refractivity contribution in [3.63, 3.8) is 0 Å². The quantitative estimate of drug-likeness (QED) is 0.505. The smallest absolute Gasteiger partial charge is 0.272 e. The van der Waals surface area contributed by atoms with Crippen LogP contribution in [0.3, 0.4) is 0 Å². The zero-order chi connectivity index (χ0) is 24.0. The molecule has 1 aromatic carbocycles. The molecule has 1 aromatic heterocycles. The Balaban J connectivity index is 1.47. The number of nitrogens with zero attached hydrogens (tertiary/aromatic N) is 4. The van der Waals surface area contributed by atoms with Gasteiger partial charge in [0.2, 0.25) is 0 Å². The lowest BCUT2D eigenvalue weighted by molar-refractivity contribution is -0.123. The molecule has 1 N–H and O–H groups in total. The number of anilines is 2. The van der Waals surface area contributed by atoms with E-state index in [1.54, 1.807) is 24.0 Å². The van der Waals surface area contributed by atoms with Crippen LogP contribution in [0.25, 0.3) is 4.85 Å². The van der Waals surface area contributed by atoms with E-state index in [0.717, 1.165) is 32.1 Å². The molecule has 0 bridgehead atoms. The number of halogens is 1. The summed E-state index contributed by atoms with van der Waals surface area (Å²) in [6, 6.07) is 6.22. The second-order valence-corrected chi connectivity index (χ2v) is 9.57. The molecule has 0 unspecified atom stereocenters. The van der Waals surface area contributed by atoms with Gasteiger partial charge in [-0.2, -0.15) is 0 Å². The number of aryl methyl sites for hydroxylation is 1. The third-order valence-electron chi connectivity index (χ3n) is 7.14. The highest BCUT2D eigenvalue weighted by molar-refractivity contribution is 7.81. The van der Waals surface area contributed by atoms with Crippen LogP contribution in [0.15, 0.2) is 30.5 Å². The molecular formula is C25H24FN5O2S. The minimum absolute atomic E-state index is 0.0128. The van der Waals surface area contributed by atoms with E-state index in [4.69, 9.17) is 18.8 Å². The highest BCUT2D eigenvalue weighted by Crippen LogP contribution is 2.48. The van der Waals surface area contributed by atoms with E-state index in [1.807, 2.05) is 0 Å². The normalized spacial score (nSPS) is 19.4. The van der Waals surface area contributed by atoms with Gasteiger partial charge < -0.3 is 15.1 Å². The number of aromatic nitrogens is 1. The second-order valence-electron chi connectivity index (χ2n) is 9.21. The molecule has 3 aliphatic rings. The SMILES string of the molecule is [C-]#[N+]c1ncc(N2C(=O)C3(CCC3)N(c3ccc(C(=O)NC4CCCC4)c(F)c3)C2=S)cc1C. The van der Waals surface area contributed by atoms with Gasteiger partial charge in [-0.15, -0.1) is 4.98 Å². The largest absolute Gasteiger partial charge is 0.360 e. The Bertz CT molecular complexity index is 1250. The van der Waals surface area contributed by atoms with Crippen molar-refractivity contribution in [1.29, 1.82) is 0 Å². The maximum absolute atomic E-state index is 15.1. The Morgan fingerprint density at radius 1 is 1.24 bits per heavy atom. The number of carbonyl (C=O) groups excluding carboxylic acids is 2.